The van der Waals surface area contributed by atoms with Crippen LogP contribution in [0.4, 0.5) is 9.18 Å². The third-order valence-electron chi connectivity index (χ3n) is 3.94. The first-order valence-electron chi connectivity index (χ1n) is 8.00. The quantitative estimate of drug-likeness (QED) is 0.781. The Hall–Kier alpha value is -2.40. The van der Waals surface area contributed by atoms with Gasteiger partial charge in [-0.2, -0.15) is 0 Å². The van der Waals surface area contributed by atoms with Crippen molar-refractivity contribution in [2.45, 2.75) is 19.3 Å². The molecule has 0 saturated heterocycles. The largest absolute Gasteiger partial charge is 0.465 e. The molecule has 2 aromatic rings. The van der Waals surface area contributed by atoms with Gasteiger partial charge in [0.2, 0.25) is 0 Å². The summed E-state index contributed by atoms with van der Waals surface area (Å²) >= 11 is 0. The Morgan fingerprint density at radius 2 is 1.62 bits per heavy atom. The number of amides is 1. The van der Waals surface area contributed by atoms with Gasteiger partial charge < -0.3 is 15.1 Å². The van der Waals surface area contributed by atoms with Crippen LogP contribution in [0.5, 0.6) is 0 Å². The number of aliphatic hydroxyl groups is 1. The Labute approximate surface area is 141 Å². The third-order valence-corrected chi connectivity index (χ3v) is 3.94. The second-order valence-corrected chi connectivity index (χ2v) is 5.65. The number of halogens is 1. The molecule has 0 aliphatic carbocycles. The molecular weight excluding hydrogens is 309 g/mol. The molecule has 1 amide bonds. The van der Waals surface area contributed by atoms with Gasteiger partial charge in [0.05, 0.1) is 0 Å². The molecule has 128 valence electrons. The molecule has 0 unspecified atom stereocenters. The van der Waals surface area contributed by atoms with Crippen molar-refractivity contribution in [3.05, 3.63) is 71.0 Å². The summed E-state index contributed by atoms with van der Waals surface area (Å²) in [6, 6.07) is 14.2. The highest BCUT2D eigenvalue weighted by Gasteiger charge is 2.13. The molecule has 0 saturated carbocycles. The van der Waals surface area contributed by atoms with Crippen molar-refractivity contribution >= 4 is 6.09 Å². The van der Waals surface area contributed by atoms with E-state index in [2.05, 4.69) is 0 Å². The van der Waals surface area contributed by atoms with Gasteiger partial charge in [0.1, 0.15) is 5.82 Å². The second kappa shape index (κ2) is 9.03. The molecule has 0 aromatic heterocycles. The second-order valence-electron chi connectivity index (χ2n) is 5.65. The van der Waals surface area contributed by atoms with Crippen LogP contribution in [0.25, 0.3) is 0 Å². The minimum atomic E-state index is -1.00. The van der Waals surface area contributed by atoms with Gasteiger partial charge in [0.15, 0.2) is 0 Å². The van der Waals surface area contributed by atoms with Crippen LogP contribution in [0.15, 0.2) is 48.5 Å². The van der Waals surface area contributed by atoms with Gasteiger partial charge in [0, 0.05) is 19.7 Å². The standard InChI is InChI=1S/C19H22FNO3/c20-18-7-2-1-6-17(18)9-12-21(19(23)24)11-8-15-4-3-5-16(14-15)10-13-22/h1-7,14,22H,8-13H2,(H,23,24). The molecule has 0 aliphatic rings. The SMILES string of the molecule is O=C(O)N(CCc1cccc(CCO)c1)CCc1ccccc1F. The number of carboxylic acid groups (broad SMARTS) is 1. The summed E-state index contributed by atoms with van der Waals surface area (Å²) in [5.41, 5.74) is 2.58. The van der Waals surface area contributed by atoms with Gasteiger partial charge in [-0.1, -0.05) is 42.5 Å². The zero-order chi connectivity index (χ0) is 17.4. The first-order chi connectivity index (χ1) is 11.6. The van der Waals surface area contributed by atoms with E-state index in [-0.39, 0.29) is 19.0 Å². The molecule has 2 rings (SSSR count). The Kier molecular flexibility index (Phi) is 6.75. The minimum Gasteiger partial charge on any atom is -0.465 e. The third kappa shape index (κ3) is 5.35. The van der Waals surface area contributed by atoms with Gasteiger partial charge in [-0.05, 0) is 42.0 Å². The number of nitrogens with zero attached hydrogens (tertiary/aromatic N) is 1. The first kappa shape index (κ1) is 17.9. The van der Waals surface area contributed by atoms with Crippen molar-refractivity contribution in [2.75, 3.05) is 19.7 Å². The van der Waals surface area contributed by atoms with Crippen molar-refractivity contribution in [2.24, 2.45) is 0 Å². The Balaban J connectivity index is 1.93. The first-order valence-corrected chi connectivity index (χ1v) is 8.00. The molecule has 0 atom stereocenters. The lowest BCUT2D eigenvalue weighted by molar-refractivity contribution is 0.146. The van der Waals surface area contributed by atoms with Crippen molar-refractivity contribution in [1.29, 1.82) is 0 Å². The fourth-order valence-electron chi connectivity index (χ4n) is 2.59. The molecular formula is C19H22FNO3. The van der Waals surface area contributed by atoms with Crippen molar-refractivity contribution in [3.63, 3.8) is 0 Å². The van der Waals surface area contributed by atoms with E-state index >= 15 is 0 Å². The van der Waals surface area contributed by atoms with Crippen LogP contribution in [-0.2, 0) is 19.3 Å². The van der Waals surface area contributed by atoms with E-state index in [1.54, 1.807) is 18.2 Å². The maximum absolute atomic E-state index is 13.6. The average Bonchev–Trinajstić information content (AvgIpc) is 2.56. The number of carbonyl (C=O) groups is 1. The number of hydrogen-bond acceptors (Lipinski definition) is 2. The smallest absolute Gasteiger partial charge is 0.407 e. The lowest BCUT2D eigenvalue weighted by Gasteiger charge is -2.19. The topological polar surface area (TPSA) is 60.8 Å². The van der Waals surface area contributed by atoms with Crippen LogP contribution < -0.4 is 0 Å². The van der Waals surface area contributed by atoms with Gasteiger partial charge in [-0.15, -0.1) is 0 Å². The summed E-state index contributed by atoms with van der Waals surface area (Å²) in [6.45, 7) is 0.701. The molecule has 2 N–H and O–H groups in total. The van der Waals surface area contributed by atoms with Gasteiger partial charge in [0.25, 0.3) is 0 Å². The van der Waals surface area contributed by atoms with Crippen LogP contribution in [0.2, 0.25) is 0 Å². The highest BCUT2D eigenvalue weighted by atomic mass is 19.1. The van der Waals surface area contributed by atoms with Crippen molar-refractivity contribution < 1.29 is 19.4 Å². The lowest BCUT2D eigenvalue weighted by Crippen LogP contribution is -2.33. The molecule has 0 heterocycles. The fourth-order valence-corrected chi connectivity index (χ4v) is 2.59. The molecule has 0 aliphatic heterocycles. The molecule has 0 fully saturated rings. The Morgan fingerprint density at radius 1 is 0.958 bits per heavy atom. The van der Waals surface area contributed by atoms with Crippen LogP contribution in [-0.4, -0.2) is 40.9 Å². The number of aliphatic hydroxyl groups excluding tert-OH is 1. The lowest BCUT2D eigenvalue weighted by atomic mass is 10.1. The van der Waals surface area contributed by atoms with E-state index in [4.69, 9.17) is 5.11 Å². The van der Waals surface area contributed by atoms with E-state index in [1.807, 2.05) is 24.3 Å². The van der Waals surface area contributed by atoms with Gasteiger partial charge in [-0.25, -0.2) is 9.18 Å². The zero-order valence-electron chi connectivity index (χ0n) is 13.5. The number of benzene rings is 2. The summed E-state index contributed by atoms with van der Waals surface area (Å²) in [5.74, 6) is -0.306. The Bertz CT molecular complexity index is 675. The van der Waals surface area contributed by atoms with E-state index in [1.165, 1.54) is 11.0 Å². The van der Waals surface area contributed by atoms with E-state index in [0.29, 0.717) is 31.4 Å². The molecule has 24 heavy (non-hydrogen) atoms. The van der Waals surface area contributed by atoms with E-state index < -0.39 is 6.09 Å². The minimum absolute atomic E-state index is 0.0906. The van der Waals surface area contributed by atoms with E-state index in [9.17, 15) is 14.3 Å². The molecule has 2 aromatic carbocycles. The summed E-state index contributed by atoms with van der Waals surface area (Å²) in [5, 5.41) is 18.3. The fraction of sp³-hybridized carbons (Fsp3) is 0.316. The van der Waals surface area contributed by atoms with Crippen molar-refractivity contribution in [1.82, 2.24) is 4.90 Å². The monoisotopic (exact) mass is 331 g/mol. The summed E-state index contributed by atoms with van der Waals surface area (Å²) in [7, 11) is 0. The molecule has 5 heteroatoms. The van der Waals surface area contributed by atoms with Crippen LogP contribution in [0, 0.1) is 5.82 Å². The Morgan fingerprint density at radius 3 is 2.29 bits per heavy atom. The highest BCUT2D eigenvalue weighted by Crippen LogP contribution is 2.10. The molecule has 0 bridgehead atoms. The zero-order valence-corrected chi connectivity index (χ0v) is 13.5. The summed E-state index contributed by atoms with van der Waals surface area (Å²) in [6.07, 6.45) is 0.522. The van der Waals surface area contributed by atoms with Crippen LogP contribution in [0.1, 0.15) is 16.7 Å². The predicted molar refractivity (Wildman–Crippen MR) is 90.6 cm³/mol. The van der Waals surface area contributed by atoms with Gasteiger partial charge in [-0.3, -0.25) is 0 Å². The molecule has 0 radical (unpaired) electrons. The van der Waals surface area contributed by atoms with Crippen LogP contribution in [0.3, 0.4) is 0 Å². The molecule has 4 nitrogen and oxygen atoms in total. The molecule has 0 spiro atoms. The van der Waals surface area contributed by atoms with Crippen LogP contribution >= 0.6 is 0 Å². The normalized spacial score (nSPS) is 10.6. The maximum Gasteiger partial charge on any atom is 0.407 e. The number of hydrogen-bond donors (Lipinski definition) is 2. The summed E-state index contributed by atoms with van der Waals surface area (Å²) in [4.78, 5) is 12.7. The van der Waals surface area contributed by atoms with Gasteiger partial charge >= 0.3 is 6.09 Å². The average molecular weight is 331 g/mol. The maximum atomic E-state index is 13.6. The predicted octanol–water partition coefficient (Wildman–Crippen LogP) is 3.13. The highest BCUT2D eigenvalue weighted by molar-refractivity contribution is 5.65. The van der Waals surface area contributed by atoms with Crippen molar-refractivity contribution in [3.8, 4) is 0 Å². The summed E-state index contributed by atoms with van der Waals surface area (Å²) < 4.78 is 13.6. The number of rotatable bonds is 8. The van der Waals surface area contributed by atoms with E-state index in [0.717, 1.165) is 11.1 Å².